The summed E-state index contributed by atoms with van der Waals surface area (Å²) in [5.74, 6) is 1.07. The second kappa shape index (κ2) is 5.21. The van der Waals surface area contributed by atoms with Crippen LogP contribution in [0.15, 0.2) is 29.0 Å². The summed E-state index contributed by atoms with van der Waals surface area (Å²) in [4.78, 5) is 7.05. The number of hydrogen-bond acceptors (Lipinski definition) is 4. The van der Waals surface area contributed by atoms with Crippen molar-refractivity contribution in [1.82, 2.24) is 10.3 Å². The van der Waals surface area contributed by atoms with Crippen molar-refractivity contribution in [2.45, 2.75) is 38.8 Å². The molecule has 1 aliphatic rings. The van der Waals surface area contributed by atoms with Gasteiger partial charge in [0, 0.05) is 31.4 Å². The Bertz CT molecular complexity index is 551. The number of fused-ring (bicyclic) bond motifs is 1. The molecule has 1 N–H and O–H groups in total. The average Bonchev–Trinajstić information content (AvgIpc) is 2.94. The molecule has 0 aromatic carbocycles. The number of furan rings is 1. The molecule has 0 aliphatic carbocycles. The molecule has 2 aromatic rings. The fraction of sp³-hybridized carbons (Fsp3) is 0.533. The van der Waals surface area contributed by atoms with Crippen molar-refractivity contribution in [3.63, 3.8) is 0 Å². The normalized spacial score (nSPS) is 24.0. The summed E-state index contributed by atoms with van der Waals surface area (Å²) in [6.07, 6.45) is 5.86. The van der Waals surface area contributed by atoms with Crippen molar-refractivity contribution < 1.29 is 4.42 Å². The van der Waals surface area contributed by atoms with Crippen molar-refractivity contribution in [2.75, 3.05) is 18.0 Å². The summed E-state index contributed by atoms with van der Waals surface area (Å²) in [6.45, 7) is 6.52. The molecule has 4 nitrogen and oxygen atoms in total. The van der Waals surface area contributed by atoms with Gasteiger partial charge in [0.05, 0.1) is 11.6 Å². The first-order valence-corrected chi connectivity index (χ1v) is 7.15. The average molecular weight is 259 g/mol. The van der Waals surface area contributed by atoms with Crippen molar-refractivity contribution in [3.8, 4) is 0 Å². The van der Waals surface area contributed by atoms with Crippen LogP contribution in [-0.2, 0) is 0 Å². The zero-order valence-corrected chi connectivity index (χ0v) is 11.6. The molecule has 0 saturated carbocycles. The van der Waals surface area contributed by atoms with Gasteiger partial charge in [-0.1, -0.05) is 13.8 Å². The second-order valence-electron chi connectivity index (χ2n) is 5.19. The van der Waals surface area contributed by atoms with Crippen LogP contribution in [0.1, 0.15) is 26.7 Å². The smallest absolute Gasteiger partial charge is 0.140 e. The molecule has 1 saturated heterocycles. The predicted molar refractivity (Wildman–Crippen MR) is 77.5 cm³/mol. The molecule has 102 valence electrons. The first kappa shape index (κ1) is 12.5. The van der Waals surface area contributed by atoms with Crippen molar-refractivity contribution in [2.24, 2.45) is 0 Å². The Kier molecular flexibility index (Phi) is 3.42. The van der Waals surface area contributed by atoms with Gasteiger partial charge in [-0.05, 0) is 25.0 Å². The molecule has 19 heavy (non-hydrogen) atoms. The van der Waals surface area contributed by atoms with Crippen LogP contribution in [0, 0.1) is 0 Å². The minimum atomic E-state index is 0.510. The molecule has 1 fully saturated rings. The number of hydrogen-bond donors (Lipinski definition) is 1. The van der Waals surface area contributed by atoms with Crippen LogP contribution in [-0.4, -0.2) is 30.2 Å². The lowest BCUT2D eigenvalue weighted by Gasteiger charge is -2.41. The van der Waals surface area contributed by atoms with Crippen LogP contribution in [0.4, 0.5) is 5.82 Å². The third kappa shape index (κ3) is 2.21. The highest BCUT2D eigenvalue weighted by Crippen LogP contribution is 2.28. The van der Waals surface area contributed by atoms with Crippen molar-refractivity contribution >= 4 is 16.8 Å². The molecular weight excluding hydrogens is 238 g/mol. The SMILES string of the molecule is CCC1CN(c2nccc3occc23)C(CC)CN1. The second-order valence-corrected chi connectivity index (χ2v) is 5.19. The molecule has 0 bridgehead atoms. The zero-order chi connectivity index (χ0) is 13.2. The van der Waals surface area contributed by atoms with Gasteiger partial charge in [-0.3, -0.25) is 0 Å². The minimum Gasteiger partial charge on any atom is -0.464 e. The molecule has 0 spiro atoms. The van der Waals surface area contributed by atoms with Gasteiger partial charge in [0.15, 0.2) is 0 Å². The van der Waals surface area contributed by atoms with Crippen molar-refractivity contribution in [3.05, 3.63) is 24.6 Å². The van der Waals surface area contributed by atoms with Crippen LogP contribution in [0.3, 0.4) is 0 Å². The molecule has 4 heteroatoms. The van der Waals surface area contributed by atoms with E-state index in [0.717, 1.165) is 42.7 Å². The molecule has 3 rings (SSSR count). The maximum Gasteiger partial charge on any atom is 0.140 e. The Hall–Kier alpha value is -1.55. The molecule has 2 atom stereocenters. The lowest BCUT2D eigenvalue weighted by Crippen LogP contribution is -2.56. The van der Waals surface area contributed by atoms with E-state index in [-0.39, 0.29) is 0 Å². The highest BCUT2D eigenvalue weighted by Gasteiger charge is 2.28. The van der Waals surface area contributed by atoms with Crippen LogP contribution >= 0.6 is 0 Å². The number of rotatable bonds is 3. The van der Waals surface area contributed by atoms with E-state index < -0.39 is 0 Å². The first-order valence-electron chi connectivity index (χ1n) is 7.15. The standard InChI is InChI=1S/C15H21N3O/c1-3-11-10-18(12(4-2)9-17-11)15-13-6-8-19-14(13)5-7-16-15/h5-8,11-12,17H,3-4,9-10H2,1-2H3. The summed E-state index contributed by atoms with van der Waals surface area (Å²) >= 11 is 0. The predicted octanol–water partition coefficient (Wildman–Crippen LogP) is 2.79. The van der Waals surface area contributed by atoms with E-state index in [0.29, 0.717) is 12.1 Å². The summed E-state index contributed by atoms with van der Waals surface area (Å²) in [7, 11) is 0. The number of aromatic nitrogens is 1. The molecular formula is C15H21N3O. The highest BCUT2D eigenvalue weighted by atomic mass is 16.3. The van der Waals surface area contributed by atoms with Crippen LogP contribution in [0.25, 0.3) is 11.0 Å². The lowest BCUT2D eigenvalue weighted by molar-refractivity contribution is 0.377. The van der Waals surface area contributed by atoms with E-state index in [1.165, 1.54) is 0 Å². The summed E-state index contributed by atoms with van der Waals surface area (Å²) in [5, 5.41) is 4.74. The van der Waals surface area contributed by atoms with Gasteiger partial charge in [-0.25, -0.2) is 4.98 Å². The Morgan fingerprint density at radius 3 is 3.05 bits per heavy atom. The maximum atomic E-state index is 5.49. The molecule has 1 aliphatic heterocycles. The molecule has 0 amide bonds. The van der Waals surface area contributed by atoms with Crippen LogP contribution in [0.5, 0.6) is 0 Å². The van der Waals surface area contributed by atoms with Crippen LogP contribution in [0.2, 0.25) is 0 Å². The lowest BCUT2D eigenvalue weighted by atomic mass is 10.0. The van der Waals surface area contributed by atoms with Gasteiger partial charge in [-0.2, -0.15) is 0 Å². The molecule has 2 unspecified atom stereocenters. The number of nitrogens with one attached hydrogen (secondary N) is 1. The van der Waals surface area contributed by atoms with E-state index in [1.807, 2.05) is 18.3 Å². The Morgan fingerprint density at radius 2 is 2.26 bits per heavy atom. The van der Waals surface area contributed by atoms with Crippen molar-refractivity contribution in [1.29, 1.82) is 0 Å². The van der Waals surface area contributed by atoms with Gasteiger partial charge < -0.3 is 14.6 Å². The summed E-state index contributed by atoms with van der Waals surface area (Å²) in [6, 6.07) is 5.01. The van der Waals surface area contributed by atoms with Gasteiger partial charge in [-0.15, -0.1) is 0 Å². The summed E-state index contributed by atoms with van der Waals surface area (Å²) < 4.78 is 5.49. The topological polar surface area (TPSA) is 41.3 Å². The number of piperazine rings is 1. The summed E-state index contributed by atoms with van der Waals surface area (Å²) in [5.41, 5.74) is 0.923. The number of nitrogens with zero attached hydrogens (tertiary/aromatic N) is 2. The third-order valence-corrected chi connectivity index (χ3v) is 4.09. The fourth-order valence-electron chi connectivity index (χ4n) is 2.87. The largest absolute Gasteiger partial charge is 0.464 e. The fourth-order valence-corrected chi connectivity index (χ4v) is 2.87. The Labute approximate surface area is 113 Å². The number of pyridine rings is 1. The van der Waals surface area contributed by atoms with E-state index in [2.05, 4.69) is 29.0 Å². The first-order chi connectivity index (χ1) is 9.33. The maximum absolute atomic E-state index is 5.49. The molecule has 2 aromatic heterocycles. The zero-order valence-electron chi connectivity index (χ0n) is 11.6. The third-order valence-electron chi connectivity index (χ3n) is 4.09. The number of anilines is 1. The Morgan fingerprint density at radius 1 is 1.37 bits per heavy atom. The van der Waals surface area contributed by atoms with Gasteiger partial charge in [0.25, 0.3) is 0 Å². The van der Waals surface area contributed by atoms with E-state index in [4.69, 9.17) is 4.42 Å². The molecule has 3 heterocycles. The van der Waals surface area contributed by atoms with E-state index in [1.54, 1.807) is 6.26 Å². The van der Waals surface area contributed by atoms with E-state index >= 15 is 0 Å². The van der Waals surface area contributed by atoms with Gasteiger partial charge in [0.2, 0.25) is 0 Å². The highest BCUT2D eigenvalue weighted by molar-refractivity contribution is 5.88. The quantitative estimate of drug-likeness (QED) is 0.920. The van der Waals surface area contributed by atoms with E-state index in [9.17, 15) is 0 Å². The minimum absolute atomic E-state index is 0.510. The Balaban J connectivity index is 1.99. The van der Waals surface area contributed by atoms with Gasteiger partial charge in [0.1, 0.15) is 11.4 Å². The molecule has 0 radical (unpaired) electrons. The van der Waals surface area contributed by atoms with Crippen LogP contribution < -0.4 is 10.2 Å². The monoisotopic (exact) mass is 259 g/mol. The van der Waals surface area contributed by atoms with Gasteiger partial charge >= 0.3 is 0 Å².